The van der Waals surface area contributed by atoms with Crippen LogP contribution in [0.25, 0.3) is 0 Å². The third-order valence-electron chi connectivity index (χ3n) is 11.0. The van der Waals surface area contributed by atoms with Crippen molar-refractivity contribution in [2.24, 2.45) is 46.3 Å². The SMILES string of the molecule is CC(C)CC[C@@H](O)[C@@H](C)[C@H]1CC[C@@]2(O)[C@@H]3CC(=O)[C@@H]4C[C@@H](O)[C@@H](O)C[C@]4(C)[C@H]3CC[C@]12C. The molecule has 0 heterocycles. The number of fused-ring (bicyclic) bond motifs is 5. The molecule has 5 nitrogen and oxygen atoms in total. The van der Waals surface area contributed by atoms with Crippen molar-refractivity contribution < 1.29 is 25.2 Å². The van der Waals surface area contributed by atoms with Crippen LogP contribution < -0.4 is 0 Å². The second-order valence-corrected chi connectivity index (χ2v) is 12.9. The molecule has 0 aromatic rings. The molecule has 0 spiro atoms. The van der Waals surface area contributed by atoms with Crippen LogP contribution in [0, 0.1) is 46.3 Å². The minimum atomic E-state index is -0.905. The highest BCUT2D eigenvalue weighted by Gasteiger charge is 2.69. The highest BCUT2D eigenvalue weighted by atomic mass is 16.3. The van der Waals surface area contributed by atoms with Crippen molar-refractivity contribution in [3.8, 4) is 0 Å². The molecule has 0 aromatic heterocycles. The van der Waals surface area contributed by atoms with Crippen LogP contribution in [0.4, 0.5) is 0 Å². The number of aliphatic hydroxyl groups excluding tert-OH is 3. The molecule has 0 saturated heterocycles. The molecule has 4 fully saturated rings. The lowest BCUT2D eigenvalue weighted by molar-refractivity contribution is -0.220. The molecule has 0 bridgehead atoms. The van der Waals surface area contributed by atoms with Crippen LogP contribution in [-0.2, 0) is 4.79 Å². The molecule has 4 aliphatic carbocycles. The molecule has 0 aromatic carbocycles. The van der Waals surface area contributed by atoms with Gasteiger partial charge in [-0.15, -0.1) is 0 Å². The van der Waals surface area contributed by atoms with Gasteiger partial charge in [0.15, 0.2) is 0 Å². The molecule has 0 amide bonds. The predicted molar refractivity (Wildman–Crippen MR) is 124 cm³/mol. The van der Waals surface area contributed by atoms with Gasteiger partial charge in [-0.05, 0) is 91.8 Å². The molecule has 4 saturated carbocycles. The number of ketones is 1. The average molecular weight is 451 g/mol. The first-order chi connectivity index (χ1) is 14.8. The van der Waals surface area contributed by atoms with E-state index < -0.39 is 17.8 Å². The first kappa shape index (κ1) is 24.6. The lowest BCUT2D eigenvalue weighted by Gasteiger charge is -2.63. The van der Waals surface area contributed by atoms with Gasteiger partial charge < -0.3 is 20.4 Å². The Morgan fingerprint density at radius 1 is 1.00 bits per heavy atom. The van der Waals surface area contributed by atoms with E-state index in [1.807, 2.05) is 0 Å². The second kappa shape index (κ2) is 8.32. The lowest BCUT2D eigenvalue weighted by atomic mass is 9.42. The Balaban J connectivity index is 1.60. The second-order valence-electron chi connectivity index (χ2n) is 12.9. The fourth-order valence-corrected chi connectivity index (χ4v) is 8.94. The third-order valence-corrected chi connectivity index (χ3v) is 11.0. The van der Waals surface area contributed by atoms with E-state index in [0.717, 1.165) is 32.1 Å². The summed E-state index contributed by atoms with van der Waals surface area (Å²) < 4.78 is 0. The molecule has 0 aliphatic heterocycles. The zero-order valence-corrected chi connectivity index (χ0v) is 20.8. The van der Waals surface area contributed by atoms with Gasteiger partial charge in [0.2, 0.25) is 0 Å². The smallest absolute Gasteiger partial charge is 0.137 e. The van der Waals surface area contributed by atoms with Crippen LogP contribution in [0.2, 0.25) is 0 Å². The molecule has 0 radical (unpaired) electrons. The fourth-order valence-electron chi connectivity index (χ4n) is 8.94. The maximum absolute atomic E-state index is 13.3. The summed E-state index contributed by atoms with van der Waals surface area (Å²) in [5, 5.41) is 43.9. The van der Waals surface area contributed by atoms with E-state index >= 15 is 0 Å². The van der Waals surface area contributed by atoms with Gasteiger partial charge >= 0.3 is 0 Å². The average Bonchev–Trinajstić information content (AvgIpc) is 2.99. The molecule has 32 heavy (non-hydrogen) atoms. The van der Waals surface area contributed by atoms with E-state index in [-0.39, 0.29) is 52.3 Å². The van der Waals surface area contributed by atoms with Crippen molar-refractivity contribution in [2.75, 3.05) is 0 Å². The third kappa shape index (κ3) is 3.52. The summed E-state index contributed by atoms with van der Waals surface area (Å²) in [6.07, 6.45) is 4.42. The van der Waals surface area contributed by atoms with Gasteiger partial charge in [-0.3, -0.25) is 4.79 Å². The maximum Gasteiger partial charge on any atom is 0.137 e. The number of rotatable bonds is 5. The van der Waals surface area contributed by atoms with Crippen molar-refractivity contribution >= 4 is 5.78 Å². The number of carbonyl (C=O) groups excluding carboxylic acids is 1. The van der Waals surface area contributed by atoms with Crippen molar-refractivity contribution in [2.45, 2.75) is 116 Å². The number of Topliss-reactive ketones (excluding diaryl/α,β-unsaturated/α-hetero) is 1. The number of hydrogen-bond donors (Lipinski definition) is 4. The van der Waals surface area contributed by atoms with Gasteiger partial charge in [0.05, 0.1) is 23.9 Å². The van der Waals surface area contributed by atoms with Gasteiger partial charge in [0, 0.05) is 12.3 Å². The van der Waals surface area contributed by atoms with Crippen molar-refractivity contribution in [3.05, 3.63) is 0 Å². The lowest BCUT2D eigenvalue weighted by Crippen LogP contribution is -2.65. The van der Waals surface area contributed by atoms with Crippen molar-refractivity contribution in [1.29, 1.82) is 0 Å². The molecule has 4 aliphatic rings. The number of hydrogen-bond acceptors (Lipinski definition) is 5. The first-order valence-electron chi connectivity index (χ1n) is 13.1. The molecule has 5 heteroatoms. The first-order valence-corrected chi connectivity index (χ1v) is 13.1. The Hall–Kier alpha value is -0.490. The Morgan fingerprint density at radius 3 is 2.34 bits per heavy atom. The Morgan fingerprint density at radius 2 is 1.69 bits per heavy atom. The number of carbonyl (C=O) groups is 1. The van der Waals surface area contributed by atoms with E-state index in [9.17, 15) is 25.2 Å². The Labute approximate surface area is 194 Å². The topological polar surface area (TPSA) is 98.0 Å². The zero-order chi connectivity index (χ0) is 23.6. The van der Waals surface area contributed by atoms with Crippen LogP contribution in [0.1, 0.15) is 92.4 Å². The van der Waals surface area contributed by atoms with E-state index in [0.29, 0.717) is 31.6 Å². The van der Waals surface area contributed by atoms with E-state index in [1.165, 1.54) is 0 Å². The quantitative estimate of drug-likeness (QED) is 0.512. The number of aliphatic hydroxyl groups is 4. The van der Waals surface area contributed by atoms with Crippen LogP contribution in [0.3, 0.4) is 0 Å². The normalized spacial score (nSPS) is 50.5. The summed E-state index contributed by atoms with van der Waals surface area (Å²) in [4.78, 5) is 13.3. The zero-order valence-electron chi connectivity index (χ0n) is 20.8. The largest absolute Gasteiger partial charge is 0.393 e. The minimum Gasteiger partial charge on any atom is -0.393 e. The van der Waals surface area contributed by atoms with Crippen LogP contribution in [0.15, 0.2) is 0 Å². The molecular weight excluding hydrogens is 404 g/mol. The summed E-state index contributed by atoms with van der Waals surface area (Å²) in [6.45, 7) is 10.9. The van der Waals surface area contributed by atoms with Gasteiger partial charge in [-0.1, -0.05) is 34.6 Å². The highest BCUT2D eigenvalue weighted by molar-refractivity contribution is 5.83. The fraction of sp³-hybridized carbons (Fsp3) is 0.963. The summed E-state index contributed by atoms with van der Waals surface area (Å²) in [5.74, 6) is 0.964. The minimum absolute atomic E-state index is 0.0950. The van der Waals surface area contributed by atoms with E-state index in [1.54, 1.807) is 0 Å². The molecule has 184 valence electrons. The molecule has 0 unspecified atom stereocenters. The van der Waals surface area contributed by atoms with Crippen molar-refractivity contribution in [1.82, 2.24) is 0 Å². The van der Waals surface area contributed by atoms with Gasteiger partial charge in [-0.25, -0.2) is 0 Å². The maximum atomic E-state index is 13.3. The van der Waals surface area contributed by atoms with E-state index in [4.69, 9.17) is 0 Å². The molecule has 4 N–H and O–H groups in total. The molecular formula is C27H46O5. The molecule has 11 atom stereocenters. The summed E-state index contributed by atoms with van der Waals surface area (Å²) in [7, 11) is 0. The summed E-state index contributed by atoms with van der Waals surface area (Å²) in [6, 6.07) is 0. The molecule has 4 rings (SSSR count). The standard InChI is InChI=1S/C27H46O5/c1-15(2)6-7-21(28)16(3)17-9-11-27(32)19-12-22(29)20-13-23(30)24(31)14-25(20,4)18(19)8-10-26(17,27)5/h15-21,23-24,28,30-32H,6-14H2,1-5H3/t16-,17+,18-,19+,20-,21+,23+,24-,25+,26+,27+/m0/s1. The van der Waals surface area contributed by atoms with E-state index in [2.05, 4.69) is 34.6 Å². The summed E-state index contributed by atoms with van der Waals surface area (Å²) in [5.41, 5.74) is -1.57. The van der Waals surface area contributed by atoms with Crippen LogP contribution in [-0.4, -0.2) is 50.1 Å². The van der Waals surface area contributed by atoms with Crippen LogP contribution in [0.5, 0.6) is 0 Å². The predicted octanol–water partition coefficient (Wildman–Crippen LogP) is 3.70. The van der Waals surface area contributed by atoms with Crippen LogP contribution >= 0.6 is 0 Å². The summed E-state index contributed by atoms with van der Waals surface area (Å²) >= 11 is 0. The van der Waals surface area contributed by atoms with Gasteiger partial charge in [-0.2, -0.15) is 0 Å². The van der Waals surface area contributed by atoms with Gasteiger partial charge in [0.1, 0.15) is 5.78 Å². The monoisotopic (exact) mass is 450 g/mol. The Kier molecular flexibility index (Phi) is 6.40. The van der Waals surface area contributed by atoms with Gasteiger partial charge in [0.25, 0.3) is 0 Å². The Bertz CT molecular complexity index is 723. The van der Waals surface area contributed by atoms with Crippen molar-refractivity contribution in [3.63, 3.8) is 0 Å². The highest BCUT2D eigenvalue weighted by Crippen LogP contribution is 2.69.